The second-order valence-electron chi connectivity index (χ2n) is 5.59. The Morgan fingerprint density at radius 3 is 2.33 bits per heavy atom. The quantitative estimate of drug-likeness (QED) is 0.839. The van der Waals surface area contributed by atoms with Crippen LogP contribution >= 0.6 is 0 Å². The van der Waals surface area contributed by atoms with Gasteiger partial charge in [-0.15, -0.1) is 0 Å². The fraction of sp³-hybridized carbons (Fsp3) is 0.368. The zero-order valence-electron chi connectivity index (χ0n) is 13.4. The predicted octanol–water partition coefficient (Wildman–Crippen LogP) is 4.55. The molecule has 0 aliphatic carbocycles. The molecular formula is C19H25NO. The molecule has 112 valence electrons. The van der Waals surface area contributed by atoms with Gasteiger partial charge in [-0.2, -0.15) is 0 Å². The SMILES string of the molecule is CCNC(C)c1cc(C)ccc1OCc1ccc(C)cc1. The van der Waals surface area contributed by atoms with Crippen LogP contribution in [0.2, 0.25) is 0 Å². The molecule has 0 fully saturated rings. The van der Waals surface area contributed by atoms with E-state index < -0.39 is 0 Å². The lowest BCUT2D eigenvalue weighted by Crippen LogP contribution is -2.18. The molecule has 0 spiro atoms. The molecule has 0 heterocycles. The maximum atomic E-state index is 6.05. The molecule has 2 aromatic rings. The summed E-state index contributed by atoms with van der Waals surface area (Å²) in [4.78, 5) is 0. The highest BCUT2D eigenvalue weighted by atomic mass is 16.5. The summed E-state index contributed by atoms with van der Waals surface area (Å²) in [5, 5.41) is 3.46. The van der Waals surface area contributed by atoms with Gasteiger partial charge in [0.15, 0.2) is 0 Å². The lowest BCUT2D eigenvalue weighted by Gasteiger charge is -2.18. The average Bonchev–Trinajstić information content (AvgIpc) is 2.48. The first-order valence-corrected chi connectivity index (χ1v) is 7.62. The smallest absolute Gasteiger partial charge is 0.124 e. The Bertz CT molecular complexity index is 575. The van der Waals surface area contributed by atoms with Gasteiger partial charge in [-0.05, 0) is 38.9 Å². The van der Waals surface area contributed by atoms with E-state index in [1.807, 2.05) is 0 Å². The molecule has 2 heteroatoms. The van der Waals surface area contributed by atoms with E-state index in [2.05, 4.69) is 75.5 Å². The topological polar surface area (TPSA) is 21.3 Å². The molecule has 0 aliphatic rings. The molecule has 21 heavy (non-hydrogen) atoms. The summed E-state index contributed by atoms with van der Waals surface area (Å²) in [6.07, 6.45) is 0. The van der Waals surface area contributed by atoms with Crippen molar-refractivity contribution in [2.45, 2.75) is 40.3 Å². The van der Waals surface area contributed by atoms with E-state index in [0.717, 1.165) is 12.3 Å². The van der Waals surface area contributed by atoms with Crippen molar-refractivity contribution in [1.29, 1.82) is 0 Å². The molecule has 0 aromatic heterocycles. The maximum Gasteiger partial charge on any atom is 0.124 e. The third-order valence-electron chi connectivity index (χ3n) is 3.66. The highest BCUT2D eigenvalue weighted by Crippen LogP contribution is 2.27. The van der Waals surface area contributed by atoms with Crippen LogP contribution in [-0.4, -0.2) is 6.54 Å². The molecule has 2 rings (SSSR count). The van der Waals surface area contributed by atoms with Gasteiger partial charge >= 0.3 is 0 Å². The molecule has 0 saturated carbocycles. The van der Waals surface area contributed by atoms with Crippen molar-refractivity contribution < 1.29 is 4.74 Å². The number of hydrogen-bond donors (Lipinski definition) is 1. The van der Waals surface area contributed by atoms with Crippen LogP contribution in [-0.2, 0) is 6.61 Å². The summed E-state index contributed by atoms with van der Waals surface area (Å²) in [7, 11) is 0. The molecule has 1 unspecified atom stereocenters. The third kappa shape index (κ3) is 4.33. The largest absolute Gasteiger partial charge is 0.489 e. The summed E-state index contributed by atoms with van der Waals surface area (Å²) in [6.45, 7) is 10.1. The molecule has 1 N–H and O–H groups in total. The zero-order valence-corrected chi connectivity index (χ0v) is 13.4. The molecule has 0 aliphatic heterocycles. The minimum Gasteiger partial charge on any atom is -0.489 e. The predicted molar refractivity (Wildman–Crippen MR) is 88.8 cm³/mol. The van der Waals surface area contributed by atoms with Crippen molar-refractivity contribution in [3.63, 3.8) is 0 Å². The minimum absolute atomic E-state index is 0.294. The minimum atomic E-state index is 0.294. The number of hydrogen-bond acceptors (Lipinski definition) is 2. The Balaban J connectivity index is 2.13. The Kier molecular flexibility index (Phi) is 5.40. The van der Waals surface area contributed by atoms with Crippen LogP contribution < -0.4 is 10.1 Å². The van der Waals surface area contributed by atoms with Gasteiger partial charge in [0.05, 0.1) is 0 Å². The standard InChI is InChI=1S/C19H25NO/c1-5-20-16(4)18-12-15(3)8-11-19(18)21-13-17-9-6-14(2)7-10-17/h6-12,16,20H,5,13H2,1-4H3. The number of rotatable bonds is 6. The average molecular weight is 283 g/mol. The van der Waals surface area contributed by atoms with Gasteiger partial charge in [-0.3, -0.25) is 0 Å². The van der Waals surface area contributed by atoms with Gasteiger partial charge in [0, 0.05) is 11.6 Å². The highest BCUT2D eigenvalue weighted by molar-refractivity contribution is 5.39. The van der Waals surface area contributed by atoms with Crippen molar-refractivity contribution in [2.24, 2.45) is 0 Å². The molecule has 2 aromatic carbocycles. The summed E-state index contributed by atoms with van der Waals surface area (Å²) >= 11 is 0. The first-order chi connectivity index (χ1) is 10.1. The Morgan fingerprint density at radius 2 is 1.67 bits per heavy atom. The van der Waals surface area contributed by atoms with Gasteiger partial charge in [0.25, 0.3) is 0 Å². The number of ether oxygens (including phenoxy) is 1. The second kappa shape index (κ2) is 7.28. The van der Waals surface area contributed by atoms with Crippen molar-refractivity contribution in [3.05, 3.63) is 64.7 Å². The van der Waals surface area contributed by atoms with Crippen LogP contribution in [0, 0.1) is 13.8 Å². The molecule has 0 amide bonds. The van der Waals surface area contributed by atoms with Gasteiger partial charge in [0.2, 0.25) is 0 Å². The van der Waals surface area contributed by atoms with Crippen molar-refractivity contribution >= 4 is 0 Å². The van der Waals surface area contributed by atoms with Crippen molar-refractivity contribution in [3.8, 4) is 5.75 Å². The summed E-state index contributed by atoms with van der Waals surface area (Å²) in [5.74, 6) is 0.967. The van der Waals surface area contributed by atoms with Crippen LogP contribution in [0.5, 0.6) is 5.75 Å². The molecule has 0 radical (unpaired) electrons. The molecule has 1 atom stereocenters. The Labute approximate surface area is 128 Å². The molecule has 0 bridgehead atoms. The van der Waals surface area contributed by atoms with Crippen LogP contribution in [0.15, 0.2) is 42.5 Å². The molecule has 0 saturated heterocycles. The van der Waals surface area contributed by atoms with Crippen LogP contribution in [0.3, 0.4) is 0 Å². The monoisotopic (exact) mass is 283 g/mol. The zero-order chi connectivity index (χ0) is 15.2. The normalized spacial score (nSPS) is 12.2. The van der Waals surface area contributed by atoms with Crippen LogP contribution in [0.25, 0.3) is 0 Å². The number of benzene rings is 2. The fourth-order valence-electron chi connectivity index (χ4n) is 2.40. The second-order valence-corrected chi connectivity index (χ2v) is 5.59. The Hall–Kier alpha value is -1.80. The lowest BCUT2D eigenvalue weighted by molar-refractivity contribution is 0.300. The summed E-state index contributed by atoms with van der Waals surface area (Å²) in [6, 6.07) is 15.2. The maximum absolute atomic E-state index is 6.05. The first-order valence-electron chi connectivity index (χ1n) is 7.62. The van der Waals surface area contributed by atoms with E-state index in [1.165, 1.54) is 22.3 Å². The lowest BCUT2D eigenvalue weighted by atomic mass is 10.0. The van der Waals surface area contributed by atoms with Crippen LogP contribution in [0.1, 0.15) is 42.1 Å². The van der Waals surface area contributed by atoms with Crippen molar-refractivity contribution in [1.82, 2.24) is 5.32 Å². The molecule has 2 nitrogen and oxygen atoms in total. The van der Waals surface area contributed by atoms with Gasteiger partial charge < -0.3 is 10.1 Å². The van der Waals surface area contributed by atoms with Gasteiger partial charge in [-0.25, -0.2) is 0 Å². The fourth-order valence-corrected chi connectivity index (χ4v) is 2.40. The van der Waals surface area contributed by atoms with E-state index in [1.54, 1.807) is 0 Å². The van der Waals surface area contributed by atoms with E-state index in [4.69, 9.17) is 4.74 Å². The number of nitrogens with one attached hydrogen (secondary N) is 1. The highest BCUT2D eigenvalue weighted by Gasteiger charge is 2.11. The Morgan fingerprint density at radius 1 is 1.00 bits per heavy atom. The third-order valence-corrected chi connectivity index (χ3v) is 3.66. The van der Waals surface area contributed by atoms with Crippen molar-refractivity contribution in [2.75, 3.05) is 6.54 Å². The van der Waals surface area contributed by atoms with Crippen LogP contribution in [0.4, 0.5) is 0 Å². The van der Waals surface area contributed by atoms with E-state index in [-0.39, 0.29) is 0 Å². The number of aryl methyl sites for hydroxylation is 2. The van der Waals surface area contributed by atoms with Gasteiger partial charge in [-0.1, -0.05) is 54.4 Å². The van der Waals surface area contributed by atoms with Gasteiger partial charge in [0.1, 0.15) is 12.4 Å². The van der Waals surface area contributed by atoms with E-state index in [9.17, 15) is 0 Å². The summed E-state index contributed by atoms with van der Waals surface area (Å²) in [5.41, 5.74) is 4.96. The first kappa shape index (κ1) is 15.6. The summed E-state index contributed by atoms with van der Waals surface area (Å²) < 4.78 is 6.05. The van der Waals surface area contributed by atoms with E-state index in [0.29, 0.717) is 12.6 Å². The molecular weight excluding hydrogens is 258 g/mol. The van der Waals surface area contributed by atoms with E-state index >= 15 is 0 Å².